The van der Waals surface area contributed by atoms with Gasteiger partial charge in [0.05, 0.1) is 36.0 Å². The highest BCUT2D eigenvalue weighted by molar-refractivity contribution is 5.93. The molecule has 18 nitrogen and oxygen atoms in total. The first-order valence-corrected chi connectivity index (χ1v) is 14.4. The third-order valence-electron chi connectivity index (χ3n) is 7.36. The lowest BCUT2D eigenvalue weighted by atomic mass is 10.1. The topological polar surface area (TPSA) is 236 Å². The van der Waals surface area contributed by atoms with E-state index in [1.807, 2.05) is 0 Å². The zero-order valence-corrected chi connectivity index (χ0v) is 24.9. The summed E-state index contributed by atoms with van der Waals surface area (Å²) in [6, 6.07) is 12.0. The van der Waals surface area contributed by atoms with E-state index >= 15 is 0 Å². The highest BCUT2D eigenvalue weighted by Crippen LogP contribution is 2.35. The summed E-state index contributed by atoms with van der Waals surface area (Å²) < 4.78 is 24.4. The van der Waals surface area contributed by atoms with Crippen molar-refractivity contribution < 1.29 is 43.8 Å². The van der Waals surface area contributed by atoms with E-state index < -0.39 is 53.4 Å². The van der Waals surface area contributed by atoms with Gasteiger partial charge in [-0.2, -0.15) is 0 Å². The number of anilines is 1. The van der Waals surface area contributed by atoms with E-state index in [2.05, 4.69) is 20.3 Å². The summed E-state index contributed by atoms with van der Waals surface area (Å²) in [4.78, 5) is 45.9. The quantitative estimate of drug-likeness (QED) is 0.101. The summed E-state index contributed by atoms with van der Waals surface area (Å²) in [5.41, 5.74) is 1.94. The zero-order valence-electron chi connectivity index (χ0n) is 24.9. The van der Waals surface area contributed by atoms with E-state index in [1.165, 1.54) is 41.5 Å². The maximum Gasteiger partial charge on any atom is 0.412 e. The molecule has 0 radical (unpaired) electrons. The average molecular weight is 654 g/mol. The van der Waals surface area contributed by atoms with Crippen LogP contribution in [-0.2, 0) is 31.8 Å². The largest absolute Gasteiger partial charge is 0.449 e. The number of hydrogen-bond donors (Lipinski definition) is 3. The van der Waals surface area contributed by atoms with Crippen molar-refractivity contribution in [3.05, 3.63) is 92.5 Å². The molecule has 18 heteroatoms. The molecule has 0 bridgehead atoms. The number of non-ortho nitro benzene ring substituents is 2. The van der Waals surface area contributed by atoms with Gasteiger partial charge in [-0.1, -0.05) is 24.3 Å². The van der Waals surface area contributed by atoms with Crippen LogP contribution >= 0.6 is 0 Å². The molecule has 0 saturated carbocycles. The predicted octanol–water partition coefficient (Wildman–Crippen LogP) is 2.68. The van der Waals surface area contributed by atoms with E-state index in [0.717, 1.165) is 11.1 Å². The van der Waals surface area contributed by atoms with Crippen molar-refractivity contribution in [3.8, 4) is 0 Å². The SMILES string of the molecule is CC(OCCc1ccc([N+](=O)[O-])cc1)OC1C(O)[C@@H](CO)O[C@H]1n1cnc2c(NC(=O)OCCc3ccc([N+](=O)[O-])cc3)ncnc21. The smallest absolute Gasteiger partial charge is 0.412 e. The van der Waals surface area contributed by atoms with Gasteiger partial charge in [-0.25, -0.2) is 19.7 Å². The third kappa shape index (κ3) is 7.99. The van der Waals surface area contributed by atoms with Crippen molar-refractivity contribution in [1.29, 1.82) is 0 Å². The molecule has 3 unspecified atom stereocenters. The van der Waals surface area contributed by atoms with Crippen LogP contribution in [0.15, 0.2) is 61.2 Å². The van der Waals surface area contributed by atoms with Crippen molar-refractivity contribution in [1.82, 2.24) is 19.5 Å². The Bertz CT molecular complexity index is 1700. The fraction of sp³-hybridized carbons (Fsp3) is 0.379. The van der Waals surface area contributed by atoms with Gasteiger partial charge in [0, 0.05) is 30.7 Å². The lowest BCUT2D eigenvalue weighted by Gasteiger charge is -2.25. The standard InChI is InChI=1S/C29H31N7O11/c1-17(44-12-10-18-2-6-20(7-3-18)35(40)41)46-25-24(38)22(14-37)47-28(25)34-16-32-23-26(30-15-31-27(23)34)33-29(39)45-13-11-19-4-8-21(9-5-19)36(42)43/h2-9,15-17,22,24-25,28,37-38H,10-14H2,1H3,(H,30,31,33,39)/t17?,22-,24?,25?,28-/m1/s1. The van der Waals surface area contributed by atoms with Gasteiger partial charge in [-0.3, -0.25) is 30.1 Å². The van der Waals surface area contributed by atoms with Crippen LogP contribution in [-0.4, -0.2) is 90.1 Å². The van der Waals surface area contributed by atoms with Crippen molar-refractivity contribution in [2.24, 2.45) is 0 Å². The van der Waals surface area contributed by atoms with E-state index in [1.54, 1.807) is 31.2 Å². The molecule has 1 saturated heterocycles. The Morgan fingerprint density at radius 2 is 1.62 bits per heavy atom. The van der Waals surface area contributed by atoms with Crippen LogP contribution in [0, 0.1) is 20.2 Å². The minimum Gasteiger partial charge on any atom is -0.449 e. The molecule has 5 rings (SSSR count). The predicted molar refractivity (Wildman–Crippen MR) is 161 cm³/mol. The first-order chi connectivity index (χ1) is 22.6. The number of carbonyl (C=O) groups is 1. The summed E-state index contributed by atoms with van der Waals surface area (Å²) in [7, 11) is 0. The van der Waals surface area contributed by atoms with Gasteiger partial charge in [-0.15, -0.1) is 0 Å². The van der Waals surface area contributed by atoms with Gasteiger partial charge in [0.15, 0.2) is 29.5 Å². The molecule has 0 spiro atoms. The molecule has 3 N–H and O–H groups in total. The molecule has 2 aromatic carbocycles. The fourth-order valence-electron chi connectivity index (χ4n) is 4.94. The first kappa shape index (κ1) is 33.2. The number of nitrogens with zero attached hydrogens (tertiary/aromatic N) is 6. The number of aliphatic hydroxyl groups excluding tert-OH is 2. The van der Waals surface area contributed by atoms with Gasteiger partial charge in [0.1, 0.15) is 24.6 Å². The number of fused-ring (bicyclic) bond motifs is 1. The summed E-state index contributed by atoms with van der Waals surface area (Å²) >= 11 is 0. The van der Waals surface area contributed by atoms with E-state index in [9.17, 15) is 35.2 Å². The highest BCUT2D eigenvalue weighted by Gasteiger charge is 2.46. The number of rotatable bonds is 14. The molecule has 3 heterocycles. The third-order valence-corrected chi connectivity index (χ3v) is 7.36. The summed E-state index contributed by atoms with van der Waals surface area (Å²) in [6.07, 6.45) is -2.52. The van der Waals surface area contributed by atoms with Crippen LogP contribution in [0.3, 0.4) is 0 Å². The van der Waals surface area contributed by atoms with Gasteiger partial charge < -0.3 is 29.2 Å². The Labute approximate surface area is 266 Å². The Morgan fingerprint density at radius 1 is 1.00 bits per heavy atom. The molecule has 4 aromatic rings. The van der Waals surface area contributed by atoms with Crippen LogP contribution in [0.25, 0.3) is 11.2 Å². The number of aromatic nitrogens is 4. The number of imidazole rings is 1. The van der Waals surface area contributed by atoms with Gasteiger partial charge in [0.2, 0.25) is 0 Å². The van der Waals surface area contributed by atoms with Crippen LogP contribution in [0.1, 0.15) is 24.3 Å². The van der Waals surface area contributed by atoms with Crippen LogP contribution in [0.2, 0.25) is 0 Å². The molecule has 1 aliphatic heterocycles. The minimum absolute atomic E-state index is 0.00415. The molecular formula is C29H31N7O11. The number of ether oxygens (including phenoxy) is 4. The summed E-state index contributed by atoms with van der Waals surface area (Å²) in [6.45, 7) is 1.36. The number of benzene rings is 2. The van der Waals surface area contributed by atoms with Gasteiger partial charge in [-0.05, 0) is 24.5 Å². The number of amides is 1. The second kappa shape index (κ2) is 15.0. The van der Waals surface area contributed by atoms with Crippen molar-refractivity contribution >= 4 is 34.4 Å². The van der Waals surface area contributed by atoms with Crippen molar-refractivity contribution in [3.63, 3.8) is 0 Å². The van der Waals surface area contributed by atoms with E-state index in [0.29, 0.717) is 12.8 Å². The summed E-state index contributed by atoms with van der Waals surface area (Å²) in [5.74, 6) is 0.0479. The van der Waals surface area contributed by atoms with E-state index in [-0.39, 0.29) is 41.6 Å². The second-order valence-electron chi connectivity index (χ2n) is 10.4. The normalized spacial score (nSPS) is 19.8. The number of carbonyl (C=O) groups excluding carboxylic acids is 1. The molecule has 1 amide bonds. The molecule has 0 aliphatic carbocycles. The summed E-state index contributed by atoms with van der Waals surface area (Å²) in [5, 5.41) is 44.9. The zero-order chi connectivity index (χ0) is 33.5. The molecule has 1 aliphatic rings. The second-order valence-corrected chi connectivity index (χ2v) is 10.4. The number of nitro groups is 2. The lowest BCUT2D eigenvalue weighted by molar-refractivity contribution is -0.385. The molecule has 1 fully saturated rings. The molecule has 2 aromatic heterocycles. The van der Waals surface area contributed by atoms with Crippen LogP contribution in [0.4, 0.5) is 22.0 Å². The highest BCUT2D eigenvalue weighted by atomic mass is 16.7. The number of nitrogens with one attached hydrogen (secondary N) is 1. The van der Waals surface area contributed by atoms with Crippen molar-refractivity contribution in [2.45, 2.75) is 50.6 Å². The number of aliphatic hydroxyl groups is 2. The maximum atomic E-state index is 12.5. The maximum absolute atomic E-state index is 12.5. The molecule has 248 valence electrons. The number of nitro benzene ring substituents is 2. The lowest BCUT2D eigenvalue weighted by Crippen LogP contribution is -2.38. The van der Waals surface area contributed by atoms with Gasteiger partial charge >= 0.3 is 6.09 Å². The first-order valence-electron chi connectivity index (χ1n) is 14.4. The van der Waals surface area contributed by atoms with Crippen LogP contribution < -0.4 is 5.32 Å². The molecule has 47 heavy (non-hydrogen) atoms. The van der Waals surface area contributed by atoms with Crippen LogP contribution in [0.5, 0.6) is 0 Å². The Morgan fingerprint density at radius 3 is 2.21 bits per heavy atom. The number of hydrogen-bond acceptors (Lipinski definition) is 14. The Hall–Kier alpha value is -5.14. The monoisotopic (exact) mass is 653 g/mol. The molecule has 5 atom stereocenters. The van der Waals surface area contributed by atoms with Gasteiger partial charge in [0.25, 0.3) is 11.4 Å². The Balaban J connectivity index is 1.20. The average Bonchev–Trinajstić information content (AvgIpc) is 3.62. The van der Waals surface area contributed by atoms with E-state index in [4.69, 9.17) is 18.9 Å². The Kier molecular flexibility index (Phi) is 10.6. The fourth-order valence-corrected chi connectivity index (χ4v) is 4.94. The van der Waals surface area contributed by atoms with Crippen molar-refractivity contribution in [2.75, 3.05) is 25.1 Å². The minimum atomic E-state index is -1.24. The molecular weight excluding hydrogens is 622 g/mol.